The zero-order valence-corrected chi connectivity index (χ0v) is 16.3. The van der Waals surface area contributed by atoms with E-state index in [4.69, 9.17) is 9.47 Å². The second-order valence-corrected chi connectivity index (χ2v) is 8.64. The lowest BCUT2D eigenvalue weighted by Gasteiger charge is -2.47. The molecule has 3 aliphatic rings. The Morgan fingerprint density at radius 3 is 2.85 bits per heavy atom. The molecule has 0 bridgehead atoms. The SMILES string of the molecule is CC(C)CCOc1ccc2c(c1)[C@H]1OCCC[C@H]1[C@@H](C1CCNCC1)N2. The fourth-order valence-corrected chi connectivity index (χ4v) is 4.86. The minimum Gasteiger partial charge on any atom is -0.494 e. The second kappa shape index (κ2) is 8.18. The molecule has 4 rings (SSSR count). The van der Waals surface area contributed by atoms with Crippen molar-refractivity contribution >= 4 is 5.69 Å². The Labute approximate surface area is 158 Å². The van der Waals surface area contributed by atoms with Gasteiger partial charge in [0.05, 0.1) is 12.7 Å². The normalized spacial score (nSPS) is 29.0. The minimum absolute atomic E-state index is 0.230. The highest BCUT2D eigenvalue weighted by molar-refractivity contribution is 5.58. The van der Waals surface area contributed by atoms with Crippen LogP contribution in [0.5, 0.6) is 5.75 Å². The van der Waals surface area contributed by atoms with Gasteiger partial charge in [0.15, 0.2) is 0 Å². The molecule has 2 saturated heterocycles. The predicted molar refractivity (Wildman–Crippen MR) is 106 cm³/mol. The number of hydrogen-bond acceptors (Lipinski definition) is 4. The largest absolute Gasteiger partial charge is 0.494 e. The van der Waals surface area contributed by atoms with Crippen LogP contribution in [0, 0.1) is 17.8 Å². The van der Waals surface area contributed by atoms with Gasteiger partial charge in [-0.2, -0.15) is 0 Å². The van der Waals surface area contributed by atoms with Gasteiger partial charge in [-0.05, 0) is 75.2 Å². The van der Waals surface area contributed by atoms with E-state index in [1.54, 1.807) is 0 Å². The summed E-state index contributed by atoms with van der Waals surface area (Å²) in [5.74, 6) is 3.00. The van der Waals surface area contributed by atoms with Crippen molar-refractivity contribution in [3.63, 3.8) is 0 Å². The van der Waals surface area contributed by atoms with Crippen LogP contribution in [0.2, 0.25) is 0 Å². The molecule has 4 heteroatoms. The van der Waals surface area contributed by atoms with Crippen LogP contribution in [0.25, 0.3) is 0 Å². The molecule has 2 N–H and O–H groups in total. The molecule has 2 fully saturated rings. The van der Waals surface area contributed by atoms with E-state index in [0.29, 0.717) is 17.9 Å². The van der Waals surface area contributed by atoms with Crippen LogP contribution in [0.3, 0.4) is 0 Å². The third-order valence-electron chi connectivity index (χ3n) is 6.34. The molecule has 0 saturated carbocycles. The van der Waals surface area contributed by atoms with E-state index in [1.165, 1.54) is 36.9 Å². The maximum atomic E-state index is 6.32. The van der Waals surface area contributed by atoms with Gasteiger partial charge < -0.3 is 20.1 Å². The van der Waals surface area contributed by atoms with Gasteiger partial charge in [-0.1, -0.05) is 13.8 Å². The minimum atomic E-state index is 0.230. The summed E-state index contributed by atoms with van der Waals surface area (Å²) >= 11 is 0. The Hall–Kier alpha value is -1.26. The molecule has 0 aliphatic carbocycles. The van der Waals surface area contributed by atoms with Gasteiger partial charge in [-0.15, -0.1) is 0 Å². The Bertz CT molecular complexity index is 598. The zero-order chi connectivity index (χ0) is 17.9. The van der Waals surface area contributed by atoms with Crippen LogP contribution in [-0.4, -0.2) is 32.3 Å². The number of anilines is 1. The molecule has 0 radical (unpaired) electrons. The lowest BCUT2D eigenvalue weighted by molar-refractivity contribution is -0.0455. The topological polar surface area (TPSA) is 42.5 Å². The number of fused-ring (bicyclic) bond motifs is 3. The first-order valence-corrected chi connectivity index (χ1v) is 10.6. The van der Waals surface area contributed by atoms with Gasteiger partial charge in [-0.3, -0.25) is 0 Å². The number of hydrogen-bond donors (Lipinski definition) is 2. The lowest BCUT2D eigenvalue weighted by atomic mass is 9.73. The average molecular weight is 359 g/mol. The molecule has 0 unspecified atom stereocenters. The zero-order valence-electron chi connectivity index (χ0n) is 16.3. The first kappa shape index (κ1) is 18.1. The Morgan fingerprint density at radius 2 is 2.04 bits per heavy atom. The number of nitrogens with one attached hydrogen (secondary N) is 2. The molecule has 3 atom stereocenters. The van der Waals surface area contributed by atoms with Gasteiger partial charge in [0.2, 0.25) is 0 Å². The van der Waals surface area contributed by atoms with Crippen molar-refractivity contribution in [3.8, 4) is 5.75 Å². The average Bonchev–Trinajstić information content (AvgIpc) is 2.68. The van der Waals surface area contributed by atoms with E-state index in [1.807, 2.05) is 0 Å². The Kier molecular flexibility index (Phi) is 5.70. The van der Waals surface area contributed by atoms with Crippen molar-refractivity contribution in [2.24, 2.45) is 17.8 Å². The van der Waals surface area contributed by atoms with E-state index in [2.05, 4.69) is 42.7 Å². The molecule has 26 heavy (non-hydrogen) atoms. The van der Waals surface area contributed by atoms with Crippen molar-refractivity contribution in [2.45, 2.75) is 58.1 Å². The van der Waals surface area contributed by atoms with E-state index in [9.17, 15) is 0 Å². The summed E-state index contributed by atoms with van der Waals surface area (Å²) in [7, 11) is 0. The molecule has 0 aromatic heterocycles. The van der Waals surface area contributed by atoms with Crippen LogP contribution in [-0.2, 0) is 4.74 Å². The molecule has 3 aliphatic heterocycles. The van der Waals surface area contributed by atoms with Crippen LogP contribution in [0.1, 0.15) is 57.6 Å². The summed E-state index contributed by atoms with van der Waals surface area (Å²) in [4.78, 5) is 0. The molecule has 144 valence electrons. The van der Waals surface area contributed by atoms with Crippen molar-refractivity contribution in [3.05, 3.63) is 23.8 Å². The molecule has 1 aromatic rings. The fourth-order valence-electron chi connectivity index (χ4n) is 4.86. The quantitative estimate of drug-likeness (QED) is 0.820. The summed E-state index contributed by atoms with van der Waals surface area (Å²) in [6, 6.07) is 7.10. The van der Waals surface area contributed by atoms with Crippen LogP contribution >= 0.6 is 0 Å². The number of benzene rings is 1. The van der Waals surface area contributed by atoms with Gasteiger partial charge in [-0.25, -0.2) is 0 Å². The highest BCUT2D eigenvalue weighted by Gasteiger charge is 2.42. The maximum absolute atomic E-state index is 6.32. The standard InChI is InChI=1S/C22H34N2O2/c1-15(2)9-13-25-17-5-6-20-19(14-17)22-18(4-3-12-26-22)21(24-20)16-7-10-23-11-8-16/h5-6,14-16,18,21-24H,3-4,7-13H2,1-2H3/t18-,21+,22-/m0/s1. The highest BCUT2D eigenvalue weighted by Crippen LogP contribution is 2.47. The van der Waals surface area contributed by atoms with Crippen LogP contribution in [0.15, 0.2) is 18.2 Å². The van der Waals surface area contributed by atoms with Crippen LogP contribution < -0.4 is 15.4 Å². The Morgan fingerprint density at radius 1 is 1.19 bits per heavy atom. The second-order valence-electron chi connectivity index (χ2n) is 8.64. The third kappa shape index (κ3) is 3.86. The summed E-state index contributed by atoms with van der Waals surface area (Å²) < 4.78 is 12.3. The maximum Gasteiger partial charge on any atom is 0.119 e. The van der Waals surface area contributed by atoms with Crippen LogP contribution in [0.4, 0.5) is 5.69 Å². The first-order chi connectivity index (χ1) is 12.7. The fraction of sp³-hybridized carbons (Fsp3) is 0.727. The van der Waals surface area contributed by atoms with E-state index >= 15 is 0 Å². The van der Waals surface area contributed by atoms with E-state index < -0.39 is 0 Å². The monoisotopic (exact) mass is 358 g/mol. The van der Waals surface area contributed by atoms with E-state index in [0.717, 1.165) is 44.4 Å². The summed E-state index contributed by atoms with van der Waals surface area (Å²) in [6.07, 6.45) is 6.32. The summed E-state index contributed by atoms with van der Waals surface area (Å²) in [5.41, 5.74) is 2.56. The van der Waals surface area contributed by atoms with Gasteiger partial charge in [0, 0.05) is 29.8 Å². The molecule has 0 spiro atoms. The first-order valence-electron chi connectivity index (χ1n) is 10.6. The van der Waals surface area contributed by atoms with E-state index in [-0.39, 0.29) is 6.10 Å². The molecule has 4 nitrogen and oxygen atoms in total. The van der Waals surface area contributed by atoms with Crippen molar-refractivity contribution < 1.29 is 9.47 Å². The summed E-state index contributed by atoms with van der Waals surface area (Å²) in [6.45, 7) is 8.45. The molecule has 0 amide bonds. The summed E-state index contributed by atoms with van der Waals surface area (Å²) in [5, 5.41) is 7.41. The number of rotatable bonds is 5. The van der Waals surface area contributed by atoms with Gasteiger partial charge in [0.25, 0.3) is 0 Å². The highest BCUT2D eigenvalue weighted by atomic mass is 16.5. The number of ether oxygens (including phenoxy) is 2. The Balaban J connectivity index is 1.54. The smallest absolute Gasteiger partial charge is 0.119 e. The molecular formula is C22H34N2O2. The van der Waals surface area contributed by atoms with Crippen molar-refractivity contribution in [1.29, 1.82) is 0 Å². The predicted octanol–water partition coefficient (Wildman–Crippen LogP) is 4.37. The molecule has 3 heterocycles. The third-order valence-corrected chi connectivity index (χ3v) is 6.34. The lowest BCUT2D eigenvalue weighted by Crippen LogP contribution is -2.48. The molecular weight excluding hydrogens is 324 g/mol. The molecule has 1 aromatic carbocycles. The number of piperidine rings is 1. The van der Waals surface area contributed by atoms with Crippen molar-refractivity contribution in [2.75, 3.05) is 31.6 Å². The van der Waals surface area contributed by atoms with Gasteiger partial charge in [0.1, 0.15) is 5.75 Å². The van der Waals surface area contributed by atoms with Gasteiger partial charge >= 0.3 is 0 Å². The van der Waals surface area contributed by atoms with Crippen molar-refractivity contribution in [1.82, 2.24) is 5.32 Å².